The number of ether oxygens (including phenoxy) is 5. The second-order valence-corrected chi connectivity index (χ2v) is 18.5. The van der Waals surface area contributed by atoms with Gasteiger partial charge in [0.05, 0.1) is 10.3 Å². The summed E-state index contributed by atoms with van der Waals surface area (Å²) in [5.74, 6) is -6.46. The first kappa shape index (κ1) is 46.3. The Labute approximate surface area is 337 Å². The molecule has 1 amide bonds. The van der Waals surface area contributed by atoms with Gasteiger partial charge in [0.1, 0.15) is 19.2 Å². The van der Waals surface area contributed by atoms with Crippen molar-refractivity contribution in [2.75, 3.05) is 19.8 Å². The van der Waals surface area contributed by atoms with Crippen LogP contribution in [0.4, 0.5) is 0 Å². The maximum atomic E-state index is 12.9. The number of allylic oxidation sites excluding steroid dienone is 1. The van der Waals surface area contributed by atoms with E-state index in [1.54, 1.807) is 11.6 Å². The lowest BCUT2D eigenvalue weighted by molar-refractivity contribution is -0.182. The normalized spacial score (nSPS) is 17.6. The first-order valence-electron chi connectivity index (χ1n) is 16.8. The Balaban J connectivity index is 1.46. The molecule has 0 radical (unpaired) electrons. The molecule has 0 fully saturated rings. The molecule has 2 aromatic rings. The molecule has 17 nitrogen and oxygen atoms in total. The fourth-order valence-corrected chi connectivity index (χ4v) is 10.3. The van der Waals surface area contributed by atoms with Crippen LogP contribution < -0.4 is 14.8 Å². The molecule has 1 aromatic heterocycles. The van der Waals surface area contributed by atoms with Crippen molar-refractivity contribution in [1.82, 2.24) is 10.0 Å². The number of carbonyl (C=O) groups is 6. The van der Waals surface area contributed by atoms with E-state index in [1.807, 2.05) is 6.92 Å². The summed E-state index contributed by atoms with van der Waals surface area (Å²) >= 11 is 12.9. The number of hydrogen-bond acceptors (Lipinski definition) is 17. The third-order valence-corrected chi connectivity index (χ3v) is 14.6. The average Bonchev–Trinajstić information content (AvgIpc) is 3.61. The molecular formula is C34H40Cl2N2O15S3. The summed E-state index contributed by atoms with van der Waals surface area (Å²) in [7, 11) is -8.37. The standard InChI is InChI=1S/C34H40Cl2N2O15S3/c1-8-16(3)30(41)21-10-11-24(29(36)28(21)35)49-15-26(40)51-19(6)32(43)53-20(7)33(44)52-18(5)31(42)50-14-25(39)38-56(47,48)27-13-22-23(37-9-2)12-17(4)55(45,46)34(22)54-27/h10-11,13,17-20,23,37H,3,8-9,12,14-15H2,1-2,4-7H3,(H,38,39)/t17-,18-,19-,20-,23-/m0/s1. The lowest BCUT2D eigenvalue weighted by atomic mass is 10.0. The highest BCUT2D eigenvalue weighted by Gasteiger charge is 2.40. The van der Waals surface area contributed by atoms with E-state index in [2.05, 4.69) is 11.9 Å². The smallest absolute Gasteiger partial charge is 0.347 e. The largest absolute Gasteiger partial charge is 0.480 e. The Morgan fingerprint density at radius 2 is 1.52 bits per heavy atom. The third-order valence-electron chi connectivity index (χ3n) is 8.02. The molecule has 0 saturated heterocycles. The van der Waals surface area contributed by atoms with Crippen LogP contribution in [0.5, 0.6) is 5.75 Å². The van der Waals surface area contributed by atoms with E-state index in [0.29, 0.717) is 29.9 Å². The molecule has 0 spiro atoms. The predicted molar refractivity (Wildman–Crippen MR) is 201 cm³/mol. The molecule has 1 aromatic carbocycles. The number of fused-ring (bicyclic) bond motifs is 1. The molecule has 1 aliphatic heterocycles. The van der Waals surface area contributed by atoms with Crippen LogP contribution in [0.15, 0.2) is 38.8 Å². The van der Waals surface area contributed by atoms with Gasteiger partial charge in [-0.2, -0.15) is 0 Å². The van der Waals surface area contributed by atoms with Crippen LogP contribution in [0, 0.1) is 0 Å². The van der Waals surface area contributed by atoms with Crippen molar-refractivity contribution in [3.05, 3.63) is 51.5 Å². The molecule has 22 heteroatoms. The molecule has 0 saturated carbocycles. The predicted octanol–water partition coefficient (Wildman–Crippen LogP) is 3.64. The van der Waals surface area contributed by atoms with Crippen LogP contribution in [0.3, 0.4) is 0 Å². The number of halogens is 2. The van der Waals surface area contributed by atoms with Crippen LogP contribution in [0.1, 0.15) is 76.3 Å². The number of amides is 1. The summed E-state index contributed by atoms with van der Waals surface area (Å²) in [5.41, 5.74) is 0.672. The number of thiophene rings is 1. The van der Waals surface area contributed by atoms with Crippen molar-refractivity contribution < 1.29 is 69.3 Å². The van der Waals surface area contributed by atoms with Gasteiger partial charge in [0.2, 0.25) is 0 Å². The Morgan fingerprint density at radius 3 is 2.11 bits per heavy atom. The number of carbonyl (C=O) groups excluding carboxylic acids is 6. The van der Waals surface area contributed by atoms with Gasteiger partial charge < -0.3 is 29.0 Å². The topological polar surface area (TPSA) is 241 Å². The Bertz CT molecular complexity index is 2120. The monoisotopic (exact) mass is 882 g/mol. The van der Waals surface area contributed by atoms with Gasteiger partial charge in [-0.3, -0.25) is 9.59 Å². The van der Waals surface area contributed by atoms with E-state index in [1.165, 1.54) is 25.1 Å². The minimum atomic E-state index is -4.57. The van der Waals surface area contributed by atoms with Gasteiger partial charge in [0.25, 0.3) is 15.9 Å². The van der Waals surface area contributed by atoms with Gasteiger partial charge in [0, 0.05) is 17.2 Å². The number of Topliss-reactive ketones (excluding diaryl/α,β-unsaturated/α-hetero) is 1. The summed E-state index contributed by atoms with van der Waals surface area (Å²) in [6.07, 6.45) is -4.20. The lowest BCUT2D eigenvalue weighted by Crippen LogP contribution is -2.38. The van der Waals surface area contributed by atoms with E-state index in [-0.39, 0.29) is 37.6 Å². The fraction of sp³-hybridized carbons (Fsp3) is 0.471. The highest BCUT2D eigenvalue weighted by Crippen LogP contribution is 2.42. The zero-order chi connectivity index (χ0) is 42.3. The quantitative estimate of drug-likeness (QED) is 0.0940. The van der Waals surface area contributed by atoms with Gasteiger partial charge >= 0.3 is 23.9 Å². The van der Waals surface area contributed by atoms with Crippen molar-refractivity contribution >= 4 is 90.0 Å². The molecule has 5 atom stereocenters. The molecule has 308 valence electrons. The number of sulfone groups is 1. The summed E-state index contributed by atoms with van der Waals surface area (Å²) in [4.78, 5) is 74.5. The van der Waals surface area contributed by atoms with Crippen LogP contribution in [0.25, 0.3) is 0 Å². The van der Waals surface area contributed by atoms with Gasteiger partial charge in [-0.05, 0) is 70.9 Å². The maximum Gasteiger partial charge on any atom is 0.347 e. The van der Waals surface area contributed by atoms with Crippen molar-refractivity contribution in [3.8, 4) is 5.75 Å². The molecule has 1 aliphatic rings. The number of hydrogen-bond donors (Lipinski definition) is 2. The third kappa shape index (κ3) is 11.3. The van der Waals surface area contributed by atoms with Gasteiger partial charge in [-0.15, -0.1) is 11.3 Å². The Kier molecular flexibility index (Phi) is 16.0. The molecule has 0 aliphatic carbocycles. The average molecular weight is 884 g/mol. The lowest BCUT2D eigenvalue weighted by Gasteiger charge is -2.27. The number of rotatable bonds is 18. The number of nitrogens with one attached hydrogen (secondary N) is 2. The van der Waals surface area contributed by atoms with Gasteiger partial charge in [-0.25, -0.2) is 40.7 Å². The minimum Gasteiger partial charge on any atom is -0.480 e. The minimum absolute atomic E-state index is 0.0544. The summed E-state index contributed by atoms with van der Waals surface area (Å²) in [6.45, 7) is 10.7. The molecule has 0 bridgehead atoms. The number of ketones is 1. The Morgan fingerprint density at radius 1 is 0.929 bits per heavy atom. The van der Waals surface area contributed by atoms with Crippen molar-refractivity contribution in [2.45, 2.75) is 92.4 Å². The maximum absolute atomic E-state index is 12.9. The fourth-order valence-electron chi connectivity index (χ4n) is 4.88. The number of sulfonamides is 1. The molecular weight excluding hydrogens is 843 g/mol. The van der Waals surface area contributed by atoms with Crippen LogP contribution >= 0.6 is 34.5 Å². The Hall–Kier alpha value is -4.08. The summed E-state index contributed by atoms with van der Waals surface area (Å²) in [6, 6.07) is 3.42. The highest BCUT2D eigenvalue weighted by molar-refractivity contribution is 7.95. The van der Waals surface area contributed by atoms with E-state index in [0.717, 1.165) is 20.8 Å². The highest BCUT2D eigenvalue weighted by atomic mass is 35.5. The molecule has 3 rings (SSSR count). The molecule has 2 heterocycles. The van der Waals surface area contributed by atoms with E-state index < -0.39 is 102 Å². The number of esters is 4. The van der Waals surface area contributed by atoms with Crippen LogP contribution in [-0.2, 0) is 62.8 Å². The van der Waals surface area contributed by atoms with E-state index in [9.17, 15) is 45.6 Å². The van der Waals surface area contributed by atoms with E-state index >= 15 is 0 Å². The second kappa shape index (κ2) is 19.4. The van der Waals surface area contributed by atoms with Crippen molar-refractivity contribution in [3.63, 3.8) is 0 Å². The van der Waals surface area contributed by atoms with Crippen molar-refractivity contribution in [2.24, 2.45) is 0 Å². The van der Waals surface area contributed by atoms with Crippen LogP contribution in [-0.4, -0.2) is 95.7 Å². The SMILES string of the molecule is C=C(CC)C(=O)c1ccc(OCC(=O)O[C@@H](C)C(=O)O[C@@H](C)C(=O)O[C@@H](C)C(=O)OCC(=O)NS(=O)(=O)c2cc3c(s2)S(=O)(=O)[C@@H](C)C[C@@H]3NCC)c(Cl)c1Cl. The molecule has 0 unspecified atom stereocenters. The molecule has 56 heavy (non-hydrogen) atoms. The first-order chi connectivity index (χ1) is 26.0. The van der Waals surface area contributed by atoms with Gasteiger partial charge in [0.15, 0.2) is 47.1 Å². The van der Waals surface area contributed by atoms with Gasteiger partial charge in [-0.1, -0.05) is 43.6 Å². The zero-order valence-corrected chi connectivity index (χ0v) is 34.9. The van der Waals surface area contributed by atoms with Crippen LogP contribution in [0.2, 0.25) is 10.0 Å². The van der Waals surface area contributed by atoms with Crippen molar-refractivity contribution in [1.29, 1.82) is 0 Å². The zero-order valence-electron chi connectivity index (χ0n) is 31.0. The molecule has 2 N–H and O–H groups in total. The van der Waals surface area contributed by atoms with E-state index in [4.69, 9.17) is 46.9 Å². The first-order valence-corrected chi connectivity index (χ1v) is 21.4. The second-order valence-electron chi connectivity index (χ2n) is 12.3. The summed E-state index contributed by atoms with van der Waals surface area (Å²) in [5, 5.41) is 2.09. The summed E-state index contributed by atoms with van der Waals surface area (Å²) < 4.78 is 77.7. The number of benzene rings is 1.